The monoisotopic (exact) mass is 238 g/mol. The quantitative estimate of drug-likeness (QED) is 0.770. The average Bonchev–Trinajstić information content (AvgIpc) is 2.73. The van der Waals surface area contributed by atoms with Crippen LogP contribution in [-0.2, 0) is 4.79 Å². The van der Waals surface area contributed by atoms with Crippen LogP contribution in [0.1, 0.15) is 19.8 Å². The topological polar surface area (TPSA) is 43.8 Å². The highest BCUT2D eigenvalue weighted by molar-refractivity contribution is 5.71. The zero-order valence-corrected chi connectivity index (χ0v) is 10.5. The van der Waals surface area contributed by atoms with E-state index in [0.717, 1.165) is 19.0 Å². The van der Waals surface area contributed by atoms with Crippen LogP contribution in [0.2, 0.25) is 0 Å². The Morgan fingerprint density at radius 2 is 1.88 bits per heavy atom. The highest BCUT2D eigenvalue weighted by Gasteiger charge is 2.43. The Morgan fingerprint density at radius 3 is 2.35 bits per heavy atom. The smallest absolute Gasteiger partial charge is 0.308 e. The van der Waals surface area contributed by atoms with Gasteiger partial charge in [-0.1, -0.05) is 6.92 Å². The maximum Gasteiger partial charge on any atom is 0.308 e. The van der Waals surface area contributed by atoms with E-state index in [0.29, 0.717) is 12.0 Å². The second-order valence-corrected chi connectivity index (χ2v) is 6.08. The molecule has 0 amide bonds. The lowest BCUT2D eigenvalue weighted by atomic mass is 9.83. The molecule has 4 fully saturated rings. The summed E-state index contributed by atoms with van der Waals surface area (Å²) >= 11 is 0. The first-order valence-electron chi connectivity index (χ1n) is 6.84. The number of piperidine rings is 3. The molecular formula is C13H22N2O2. The second-order valence-electron chi connectivity index (χ2n) is 6.08. The maximum absolute atomic E-state index is 11.2. The van der Waals surface area contributed by atoms with Gasteiger partial charge in [0.1, 0.15) is 0 Å². The Morgan fingerprint density at radius 1 is 1.18 bits per heavy atom. The highest BCUT2D eigenvalue weighted by Crippen LogP contribution is 2.35. The molecule has 4 heteroatoms. The van der Waals surface area contributed by atoms with Gasteiger partial charge in [0.15, 0.2) is 0 Å². The summed E-state index contributed by atoms with van der Waals surface area (Å²) in [4.78, 5) is 16.2. The number of aliphatic carboxylic acids is 1. The van der Waals surface area contributed by atoms with Gasteiger partial charge in [-0.2, -0.15) is 0 Å². The van der Waals surface area contributed by atoms with Gasteiger partial charge in [-0.3, -0.25) is 9.69 Å². The van der Waals surface area contributed by atoms with Crippen molar-refractivity contribution in [2.45, 2.75) is 25.8 Å². The van der Waals surface area contributed by atoms with Crippen molar-refractivity contribution in [2.24, 2.45) is 17.8 Å². The van der Waals surface area contributed by atoms with E-state index in [2.05, 4.69) is 16.7 Å². The van der Waals surface area contributed by atoms with Gasteiger partial charge in [0, 0.05) is 25.7 Å². The van der Waals surface area contributed by atoms with Crippen LogP contribution in [0.25, 0.3) is 0 Å². The number of hydrogen-bond acceptors (Lipinski definition) is 3. The number of hydrogen-bond donors (Lipinski definition) is 1. The third-order valence-corrected chi connectivity index (χ3v) is 5.05. The molecule has 0 radical (unpaired) electrons. The van der Waals surface area contributed by atoms with Crippen LogP contribution in [-0.4, -0.2) is 59.6 Å². The number of rotatable bonds is 2. The van der Waals surface area contributed by atoms with Gasteiger partial charge in [-0.25, -0.2) is 0 Å². The minimum absolute atomic E-state index is 0.148. The number of carboxylic acids is 1. The third-order valence-electron chi connectivity index (χ3n) is 5.05. The van der Waals surface area contributed by atoms with Crippen molar-refractivity contribution in [2.75, 3.05) is 32.7 Å². The summed E-state index contributed by atoms with van der Waals surface area (Å²) < 4.78 is 0. The molecule has 96 valence electrons. The van der Waals surface area contributed by atoms with Gasteiger partial charge in [0.2, 0.25) is 0 Å². The molecule has 4 aliphatic heterocycles. The number of carboxylic acid groups (broad SMARTS) is 1. The normalized spacial score (nSPS) is 46.3. The Kier molecular flexibility index (Phi) is 2.87. The van der Waals surface area contributed by atoms with Gasteiger partial charge >= 0.3 is 5.97 Å². The Balaban J connectivity index is 1.68. The molecule has 4 saturated heterocycles. The van der Waals surface area contributed by atoms with Gasteiger partial charge in [-0.15, -0.1) is 0 Å². The number of fused-ring (bicyclic) bond motifs is 3. The van der Waals surface area contributed by atoms with Gasteiger partial charge in [0.05, 0.1) is 5.92 Å². The largest absolute Gasteiger partial charge is 0.481 e. The molecule has 0 aromatic heterocycles. The third kappa shape index (κ3) is 1.97. The lowest BCUT2D eigenvalue weighted by Crippen LogP contribution is -2.56. The molecule has 0 aromatic rings. The minimum atomic E-state index is -0.610. The van der Waals surface area contributed by atoms with Crippen molar-refractivity contribution in [3.8, 4) is 0 Å². The number of nitrogens with zero attached hydrogens (tertiary/aromatic N) is 2. The molecule has 1 N–H and O–H groups in total. The fraction of sp³-hybridized carbons (Fsp3) is 0.923. The first kappa shape index (κ1) is 11.5. The predicted molar refractivity (Wildman–Crippen MR) is 64.8 cm³/mol. The molecule has 0 spiro atoms. The van der Waals surface area contributed by atoms with E-state index in [9.17, 15) is 9.90 Å². The molecule has 3 unspecified atom stereocenters. The molecule has 0 saturated carbocycles. The standard InChI is InChI=1S/C13H22N2O2/c1-9-6-15(7-11(9)13(16)17)12-8-14-4-2-10(12)3-5-14/h9-12H,2-8H2,1H3,(H,16,17). The first-order valence-corrected chi connectivity index (χ1v) is 6.84. The number of carbonyl (C=O) groups is 1. The lowest BCUT2D eigenvalue weighted by molar-refractivity contribution is -0.142. The highest BCUT2D eigenvalue weighted by atomic mass is 16.4. The van der Waals surface area contributed by atoms with Crippen molar-refractivity contribution in [3.63, 3.8) is 0 Å². The average molecular weight is 238 g/mol. The van der Waals surface area contributed by atoms with Crippen molar-refractivity contribution >= 4 is 5.97 Å². The zero-order chi connectivity index (χ0) is 12.0. The van der Waals surface area contributed by atoms with Crippen LogP contribution in [0.3, 0.4) is 0 Å². The number of likely N-dealkylation sites (tertiary alicyclic amines) is 1. The van der Waals surface area contributed by atoms with Crippen LogP contribution in [0.15, 0.2) is 0 Å². The van der Waals surface area contributed by atoms with Crippen molar-refractivity contribution in [1.82, 2.24) is 9.80 Å². The molecule has 0 aliphatic carbocycles. The summed E-state index contributed by atoms with van der Waals surface area (Å²) in [6, 6.07) is 0.629. The predicted octanol–water partition coefficient (Wildman–Crippen LogP) is 0.733. The first-order chi connectivity index (χ1) is 8.15. The van der Waals surface area contributed by atoms with Crippen LogP contribution in [0, 0.1) is 17.8 Å². The van der Waals surface area contributed by atoms with Crippen LogP contribution >= 0.6 is 0 Å². The van der Waals surface area contributed by atoms with E-state index in [1.807, 2.05) is 0 Å². The second kappa shape index (κ2) is 4.25. The summed E-state index contributed by atoms with van der Waals surface area (Å²) in [5.41, 5.74) is 0. The molecule has 3 atom stereocenters. The molecule has 4 rings (SSSR count). The van der Waals surface area contributed by atoms with Crippen molar-refractivity contribution in [3.05, 3.63) is 0 Å². The maximum atomic E-state index is 11.2. The molecule has 0 aromatic carbocycles. The minimum Gasteiger partial charge on any atom is -0.481 e. The molecular weight excluding hydrogens is 216 g/mol. The summed E-state index contributed by atoms with van der Waals surface area (Å²) in [6.45, 7) is 7.52. The zero-order valence-electron chi connectivity index (χ0n) is 10.5. The van der Waals surface area contributed by atoms with Crippen molar-refractivity contribution in [1.29, 1.82) is 0 Å². The van der Waals surface area contributed by atoms with E-state index >= 15 is 0 Å². The van der Waals surface area contributed by atoms with E-state index in [-0.39, 0.29) is 5.92 Å². The van der Waals surface area contributed by atoms with Crippen molar-refractivity contribution < 1.29 is 9.90 Å². The van der Waals surface area contributed by atoms with Gasteiger partial charge in [0.25, 0.3) is 0 Å². The summed E-state index contributed by atoms with van der Waals surface area (Å²) in [7, 11) is 0. The SMILES string of the molecule is CC1CN(C2CN3CCC2CC3)CC1C(=O)O. The van der Waals surface area contributed by atoms with Crippen LogP contribution in [0.5, 0.6) is 0 Å². The van der Waals surface area contributed by atoms with Gasteiger partial charge < -0.3 is 10.0 Å². The van der Waals surface area contributed by atoms with Gasteiger partial charge in [-0.05, 0) is 37.8 Å². The fourth-order valence-corrected chi connectivity index (χ4v) is 3.94. The molecule has 17 heavy (non-hydrogen) atoms. The lowest BCUT2D eigenvalue weighted by Gasteiger charge is -2.48. The summed E-state index contributed by atoms with van der Waals surface area (Å²) in [6.07, 6.45) is 2.63. The summed E-state index contributed by atoms with van der Waals surface area (Å²) in [5, 5.41) is 9.19. The van der Waals surface area contributed by atoms with Crippen LogP contribution in [0.4, 0.5) is 0 Å². The summed E-state index contributed by atoms with van der Waals surface area (Å²) in [5.74, 6) is 0.370. The van der Waals surface area contributed by atoms with E-state index < -0.39 is 5.97 Å². The Hall–Kier alpha value is -0.610. The van der Waals surface area contributed by atoms with E-state index in [1.54, 1.807) is 0 Å². The molecule has 2 bridgehead atoms. The van der Waals surface area contributed by atoms with E-state index in [1.165, 1.54) is 32.5 Å². The Labute approximate surface area is 103 Å². The fourth-order valence-electron chi connectivity index (χ4n) is 3.94. The Bertz CT molecular complexity index is 313. The van der Waals surface area contributed by atoms with Crippen LogP contribution < -0.4 is 0 Å². The van der Waals surface area contributed by atoms with E-state index in [4.69, 9.17) is 0 Å². The molecule has 4 heterocycles. The molecule has 4 aliphatic rings. The molecule has 4 nitrogen and oxygen atoms in total.